The Balaban J connectivity index is 2.06. The second kappa shape index (κ2) is 5.40. The SMILES string of the molecule is Cn1cc2c(-n3c(=O)c4nn(C)cc4c4cc(F)c(Cl)cc43)cccc2n1. The topological polar surface area (TPSA) is 57.6 Å². The minimum absolute atomic E-state index is 0.0442. The summed E-state index contributed by atoms with van der Waals surface area (Å²) in [5, 5.41) is 10.6. The van der Waals surface area contributed by atoms with Crippen molar-refractivity contribution >= 4 is 44.3 Å². The number of benzene rings is 2. The predicted molar refractivity (Wildman–Crippen MR) is 103 cm³/mol. The van der Waals surface area contributed by atoms with E-state index in [-0.39, 0.29) is 16.1 Å². The summed E-state index contributed by atoms with van der Waals surface area (Å²) in [6, 6.07) is 8.36. The fourth-order valence-corrected chi connectivity index (χ4v) is 3.73. The van der Waals surface area contributed by atoms with Crippen molar-refractivity contribution in [2.45, 2.75) is 0 Å². The summed E-state index contributed by atoms with van der Waals surface area (Å²) >= 11 is 6.05. The molecular weight excluding hydrogens is 369 g/mol. The van der Waals surface area contributed by atoms with Gasteiger partial charge in [-0.25, -0.2) is 4.39 Å². The summed E-state index contributed by atoms with van der Waals surface area (Å²) < 4.78 is 19.0. The van der Waals surface area contributed by atoms with E-state index in [1.807, 2.05) is 31.4 Å². The number of nitrogens with zero attached hydrogens (tertiary/aromatic N) is 5. The summed E-state index contributed by atoms with van der Waals surface area (Å²) in [6.45, 7) is 0. The fraction of sp³-hybridized carbons (Fsp3) is 0.105. The van der Waals surface area contributed by atoms with Gasteiger partial charge in [0.2, 0.25) is 0 Å². The van der Waals surface area contributed by atoms with E-state index in [1.165, 1.54) is 16.7 Å². The van der Waals surface area contributed by atoms with E-state index in [4.69, 9.17) is 11.6 Å². The lowest BCUT2D eigenvalue weighted by Crippen LogP contribution is -2.19. The quantitative estimate of drug-likeness (QED) is 0.446. The van der Waals surface area contributed by atoms with Crippen LogP contribution in [0, 0.1) is 5.82 Å². The molecule has 0 saturated heterocycles. The molecule has 0 aliphatic carbocycles. The molecule has 0 radical (unpaired) electrons. The van der Waals surface area contributed by atoms with Gasteiger partial charge in [-0.05, 0) is 24.3 Å². The number of hydrogen-bond acceptors (Lipinski definition) is 3. The van der Waals surface area contributed by atoms with Crippen LogP contribution in [0.15, 0.2) is 47.5 Å². The van der Waals surface area contributed by atoms with Crippen molar-refractivity contribution in [3.05, 3.63) is 63.9 Å². The van der Waals surface area contributed by atoms with Gasteiger partial charge in [-0.2, -0.15) is 10.2 Å². The lowest BCUT2D eigenvalue weighted by molar-refractivity contribution is 0.630. The zero-order valence-electron chi connectivity index (χ0n) is 14.4. The molecule has 0 aliphatic rings. The molecule has 5 aromatic rings. The molecule has 6 nitrogen and oxygen atoms in total. The number of rotatable bonds is 1. The summed E-state index contributed by atoms with van der Waals surface area (Å²) in [6.07, 6.45) is 3.55. The number of aryl methyl sites for hydroxylation is 2. The van der Waals surface area contributed by atoms with Crippen LogP contribution in [0.2, 0.25) is 5.02 Å². The Morgan fingerprint density at radius 3 is 2.56 bits per heavy atom. The number of fused-ring (bicyclic) bond motifs is 4. The van der Waals surface area contributed by atoms with Crippen LogP contribution in [0.5, 0.6) is 0 Å². The highest BCUT2D eigenvalue weighted by atomic mass is 35.5. The van der Waals surface area contributed by atoms with E-state index in [0.717, 1.165) is 10.9 Å². The maximum absolute atomic E-state index is 14.2. The molecule has 0 spiro atoms. The van der Waals surface area contributed by atoms with Gasteiger partial charge in [0.25, 0.3) is 5.56 Å². The monoisotopic (exact) mass is 381 g/mol. The second-order valence-electron chi connectivity index (χ2n) is 6.50. The molecule has 0 unspecified atom stereocenters. The minimum atomic E-state index is -0.542. The third-order valence-corrected chi connectivity index (χ3v) is 4.98. The normalized spacial score (nSPS) is 11.9. The first-order chi connectivity index (χ1) is 12.9. The summed E-state index contributed by atoms with van der Waals surface area (Å²) in [5.41, 5.74) is 1.89. The summed E-state index contributed by atoms with van der Waals surface area (Å²) in [4.78, 5) is 13.3. The molecule has 0 fully saturated rings. The fourth-order valence-electron chi connectivity index (χ4n) is 3.58. The van der Waals surface area contributed by atoms with Crippen LogP contribution >= 0.6 is 11.6 Å². The standard InChI is InChI=1S/C19H13ClFN5O/c1-24-9-12-15(22-24)4-3-5-16(12)26-17-7-13(20)14(21)6-10(17)11-8-25(2)23-18(11)19(26)27/h3-9H,1-2H3. The number of aromatic nitrogens is 5. The lowest BCUT2D eigenvalue weighted by Gasteiger charge is -2.12. The molecule has 5 rings (SSSR count). The maximum atomic E-state index is 14.2. The van der Waals surface area contributed by atoms with Crippen molar-refractivity contribution in [2.24, 2.45) is 14.1 Å². The molecule has 3 aromatic heterocycles. The van der Waals surface area contributed by atoms with Crippen LogP contribution < -0.4 is 5.56 Å². The van der Waals surface area contributed by atoms with Gasteiger partial charge in [0, 0.05) is 42.6 Å². The largest absolute Gasteiger partial charge is 0.284 e. The molecule has 3 heterocycles. The molecule has 2 aromatic carbocycles. The molecule has 27 heavy (non-hydrogen) atoms. The van der Waals surface area contributed by atoms with E-state index in [2.05, 4.69) is 10.2 Å². The maximum Gasteiger partial charge on any atom is 0.284 e. The van der Waals surface area contributed by atoms with Gasteiger partial charge in [0.05, 0.1) is 21.7 Å². The first-order valence-electron chi connectivity index (χ1n) is 8.24. The van der Waals surface area contributed by atoms with Crippen molar-refractivity contribution in [1.82, 2.24) is 24.1 Å². The Kier molecular flexibility index (Phi) is 3.21. The van der Waals surface area contributed by atoms with Gasteiger partial charge in [-0.15, -0.1) is 0 Å². The van der Waals surface area contributed by atoms with Gasteiger partial charge < -0.3 is 0 Å². The minimum Gasteiger partial charge on any atom is -0.275 e. The highest BCUT2D eigenvalue weighted by Gasteiger charge is 2.19. The van der Waals surface area contributed by atoms with E-state index in [1.54, 1.807) is 22.6 Å². The average Bonchev–Trinajstić information content (AvgIpc) is 3.19. The van der Waals surface area contributed by atoms with Crippen molar-refractivity contribution < 1.29 is 4.39 Å². The van der Waals surface area contributed by atoms with E-state index in [0.29, 0.717) is 22.0 Å². The highest BCUT2D eigenvalue weighted by molar-refractivity contribution is 6.31. The number of pyridine rings is 1. The smallest absolute Gasteiger partial charge is 0.275 e. The zero-order valence-corrected chi connectivity index (χ0v) is 15.2. The molecule has 0 atom stereocenters. The van der Waals surface area contributed by atoms with E-state index >= 15 is 0 Å². The van der Waals surface area contributed by atoms with Crippen LogP contribution in [0.25, 0.3) is 38.4 Å². The van der Waals surface area contributed by atoms with Gasteiger partial charge in [0.15, 0.2) is 5.52 Å². The van der Waals surface area contributed by atoms with E-state index < -0.39 is 5.82 Å². The summed E-state index contributed by atoms with van der Waals surface area (Å²) in [7, 11) is 3.54. The molecule has 0 saturated carbocycles. The second-order valence-corrected chi connectivity index (χ2v) is 6.91. The molecule has 0 aliphatic heterocycles. The Morgan fingerprint density at radius 2 is 1.74 bits per heavy atom. The first kappa shape index (κ1) is 16.0. The van der Waals surface area contributed by atoms with Gasteiger partial charge in [-0.1, -0.05) is 17.7 Å². The van der Waals surface area contributed by atoms with Gasteiger partial charge in [0.1, 0.15) is 5.82 Å². The van der Waals surface area contributed by atoms with Gasteiger partial charge >= 0.3 is 0 Å². The average molecular weight is 382 g/mol. The summed E-state index contributed by atoms with van der Waals surface area (Å²) in [5.74, 6) is -0.542. The lowest BCUT2D eigenvalue weighted by atomic mass is 10.1. The number of hydrogen-bond donors (Lipinski definition) is 0. The third-order valence-electron chi connectivity index (χ3n) is 4.69. The molecule has 134 valence electrons. The molecule has 0 bridgehead atoms. The third kappa shape index (κ3) is 2.21. The van der Waals surface area contributed by atoms with Crippen molar-refractivity contribution in [1.29, 1.82) is 0 Å². The Hall–Kier alpha value is -3.19. The van der Waals surface area contributed by atoms with Crippen LogP contribution in [0.4, 0.5) is 4.39 Å². The first-order valence-corrected chi connectivity index (χ1v) is 8.61. The van der Waals surface area contributed by atoms with Crippen LogP contribution in [0.3, 0.4) is 0 Å². The molecule has 0 N–H and O–H groups in total. The highest BCUT2D eigenvalue weighted by Crippen LogP contribution is 2.30. The number of halogens is 2. The van der Waals surface area contributed by atoms with Crippen LogP contribution in [0.1, 0.15) is 0 Å². The molecule has 8 heteroatoms. The van der Waals surface area contributed by atoms with E-state index in [9.17, 15) is 9.18 Å². The van der Waals surface area contributed by atoms with Crippen molar-refractivity contribution in [3.63, 3.8) is 0 Å². The Labute approximate surface area is 157 Å². The van der Waals surface area contributed by atoms with Crippen LogP contribution in [-0.4, -0.2) is 24.1 Å². The molecular formula is C19H13ClFN5O. The van der Waals surface area contributed by atoms with Crippen molar-refractivity contribution in [3.8, 4) is 5.69 Å². The van der Waals surface area contributed by atoms with Crippen LogP contribution in [-0.2, 0) is 14.1 Å². The Morgan fingerprint density at radius 1 is 1.00 bits per heavy atom. The predicted octanol–water partition coefficient (Wildman–Crippen LogP) is 3.56. The molecule has 0 amide bonds. The van der Waals surface area contributed by atoms with Crippen molar-refractivity contribution in [2.75, 3.05) is 0 Å². The Bertz CT molecular complexity index is 1450. The van der Waals surface area contributed by atoms with Gasteiger partial charge in [-0.3, -0.25) is 18.7 Å². The zero-order chi connectivity index (χ0) is 18.9.